The summed E-state index contributed by atoms with van der Waals surface area (Å²) in [6.45, 7) is 10.4. The topological polar surface area (TPSA) is 147 Å². The molecule has 0 radical (unpaired) electrons. The highest BCUT2D eigenvalue weighted by atomic mass is 16.7. The molecule has 0 saturated carbocycles. The lowest BCUT2D eigenvalue weighted by Gasteiger charge is -2.19. The zero-order valence-electron chi connectivity index (χ0n) is 22.4. The van der Waals surface area contributed by atoms with E-state index < -0.39 is 36.4 Å². The molecule has 0 saturated heterocycles. The van der Waals surface area contributed by atoms with Gasteiger partial charge >= 0.3 is 24.2 Å². The molecule has 1 aromatic rings. The SMILES string of the molecule is CCCC(C)OC(=O)Oc1ccc(C[C@H](NCC(C)OC(C)=O)C(=O)O)cc1OC(=O)OC(C)CCC. The second kappa shape index (κ2) is 16.4. The third-order valence-electron chi connectivity index (χ3n) is 5.14. The van der Waals surface area contributed by atoms with Crippen molar-refractivity contribution in [3.05, 3.63) is 23.8 Å². The fourth-order valence-corrected chi connectivity index (χ4v) is 3.45. The third-order valence-corrected chi connectivity index (χ3v) is 5.14. The van der Waals surface area contributed by atoms with Crippen LogP contribution in [0.25, 0.3) is 0 Å². The molecular formula is C26H39NO10. The molecule has 0 aromatic heterocycles. The maximum atomic E-state index is 12.3. The van der Waals surface area contributed by atoms with Crippen molar-refractivity contribution in [1.82, 2.24) is 5.32 Å². The first-order valence-electron chi connectivity index (χ1n) is 12.5. The Morgan fingerprint density at radius 3 is 1.86 bits per heavy atom. The molecule has 208 valence electrons. The number of esters is 1. The zero-order chi connectivity index (χ0) is 28.0. The molecule has 0 aliphatic heterocycles. The van der Waals surface area contributed by atoms with Gasteiger partial charge in [-0.15, -0.1) is 0 Å². The third kappa shape index (κ3) is 13.0. The van der Waals surface area contributed by atoms with E-state index in [0.717, 1.165) is 12.8 Å². The molecule has 1 aromatic carbocycles. The van der Waals surface area contributed by atoms with Gasteiger partial charge in [-0.1, -0.05) is 32.8 Å². The first-order chi connectivity index (χ1) is 17.4. The molecule has 0 aliphatic rings. The first kappa shape index (κ1) is 31.7. The molecule has 1 rings (SSSR count). The van der Waals surface area contributed by atoms with E-state index in [9.17, 15) is 24.3 Å². The zero-order valence-corrected chi connectivity index (χ0v) is 22.4. The predicted octanol–water partition coefficient (Wildman–Crippen LogP) is 4.63. The molecule has 11 heteroatoms. The number of carboxylic acid groups (broad SMARTS) is 1. The minimum atomic E-state index is -1.13. The highest BCUT2D eigenvalue weighted by molar-refractivity contribution is 5.74. The van der Waals surface area contributed by atoms with Crippen molar-refractivity contribution in [1.29, 1.82) is 0 Å². The Morgan fingerprint density at radius 1 is 0.838 bits per heavy atom. The molecule has 3 unspecified atom stereocenters. The van der Waals surface area contributed by atoms with Crippen LogP contribution in [0.5, 0.6) is 11.5 Å². The van der Waals surface area contributed by atoms with Gasteiger partial charge in [-0.3, -0.25) is 9.59 Å². The van der Waals surface area contributed by atoms with Gasteiger partial charge < -0.3 is 34.1 Å². The number of aliphatic carboxylic acids is 1. The molecule has 4 atom stereocenters. The molecule has 0 spiro atoms. The Morgan fingerprint density at radius 2 is 1.38 bits per heavy atom. The maximum Gasteiger partial charge on any atom is 0.514 e. The Balaban J connectivity index is 3.08. The Bertz CT molecular complexity index is 903. The van der Waals surface area contributed by atoms with Crippen LogP contribution in [-0.2, 0) is 30.2 Å². The van der Waals surface area contributed by atoms with Crippen LogP contribution in [0.4, 0.5) is 9.59 Å². The lowest BCUT2D eigenvalue weighted by atomic mass is 10.0. The largest absolute Gasteiger partial charge is 0.514 e. The fourth-order valence-electron chi connectivity index (χ4n) is 3.45. The Labute approximate surface area is 217 Å². The monoisotopic (exact) mass is 525 g/mol. The van der Waals surface area contributed by atoms with Crippen LogP contribution in [0.2, 0.25) is 0 Å². The molecule has 11 nitrogen and oxygen atoms in total. The van der Waals surface area contributed by atoms with Gasteiger partial charge in [-0.05, 0) is 57.7 Å². The van der Waals surface area contributed by atoms with Crippen LogP contribution in [0.3, 0.4) is 0 Å². The highest BCUT2D eigenvalue weighted by Crippen LogP contribution is 2.30. The van der Waals surface area contributed by atoms with Crippen molar-refractivity contribution in [3.63, 3.8) is 0 Å². The van der Waals surface area contributed by atoms with Crippen molar-refractivity contribution in [2.24, 2.45) is 0 Å². The van der Waals surface area contributed by atoms with Gasteiger partial charge in [0.15, 0.2) is 11.5 Å². The molecule has 37 heavy (non-hydrogen) atoms. The van der Waals surface area contributed by atoms with Crippen molar-refractivity contribution in [2.45, 2.75) is 98.0 Å². The summed E-state index contributed by atoms with van der Waals surface area (Å²) in [6.07, 6.45) is -0.321. The average Bonchev–Trinajstić information content (AvgIpc) is 2.77. The van der Waals surface area contributed by atoms with Crippen LogP contribution < -0.4 is 14.8 Å². The summed E-state index contributed by atoms with van der Waals surface area (Å²) >= 11 is 0. The molecule has 2 N–H and O–H groups in total. The van der Waals surface area contributed by atoms with E-state index in [1.807, 2.05) is 13.8 Å². The fraction of sp³-hybridized carbons (Fsp3) is 0.615. The standard InChI is InChI=1S/C26H39NO10/c1-7-9-16(3)34-25(31)36-22-12-11-20(14-23(22)37-26(32)35-17(4)10-8-2)13-21(24(29)30)27-15-18(5)33-19(6)28/h11-12,14,16-18,21,27H,7-10,13,15H2,1-6H3,(H,29,30)/t16?,17?,18?,21-/m0/s1. The summed E-state index contributed by atoms with van der Waals surface area (Å²) in [6, 6.07) is 3.30. The number of benzene rings is 1. The number of nitrogens with one attached hydrogen (secondary N) is 1. The summed E-state index contributed by atoms with van der Waals surface area (Å²) in [5.74, 6) is -1.80. The molecular weight excluding hydrogens is 486 g/mol. The van der Waals surface area contributed by atoms with Crippen molar-refractivity contribution >= 4 is 24.2 Å². The van der Waals surface area contributed by atoms with Crippen LogP contribution in [-0.4, -0.2) is 60.3 Å². The minimum Gasteiger partial charge on any atom is -0.480 e. The maximum absolute atomic E-state index is 12.3. The van der Waals surface area contributed by atoms with Gasteiger partial charge in [0.2, 0.25) is 0 Å². The van der Waals surface area contributed by atoms with E-state index >= 15 is 0 Å². The van der Waals surface area contributed by atoms with Gasteiger partial charge in [0.25, 0.3) is 0 Å². The van der Waals surface area contributed by atoms with Gasteiger partial charge in [-0.2, -0.15) is 0 Å². The van der Waals surface area contributed by atoms with Crippen molar-refractivity contribution < 1.29 is 48.0 Å². The van der Waals surface area contributed by atoms with Gasteiger partial charge in [0.1, 0.15) is 24.4 Å². The first-order valence-corrected chi connectivity index (χ1v) is 12.5. The summed E-state index contributed by atoms with van der Waals surface area (Å²) in [5, 5.41) is 12.5. The van der Waals surface area contributed by atoms with Gasteiger partial charge in [0, 0.05) is 13.5 Å². The number of rotatable bonds is 15. The molecule has 0 fully saturated rings. The number of carbonyl (C=O) groups excluding carboxylic acids is 3. The van der Waals surface area contributed by atoms with Crippen LogP contribution in [0, 0.1) is 0 Å². The van der Waals surface area contributed by atoms with Crippen LogP contribution >= 0.6 is 0 Å². The summed E-state index contributed by atoms with van der Waals surface area (Å²) < 4.78 is 26.0. The van der Waals surface area contributed by atoms with E-state index in [4.69, 9.17) is 23.7 Å². The normalized spacial score (nSPS) is 14.0. The van der Waals surface area contributed by atoms with Crippen LogP contribution in [0.15, 0.2) is 18.2 Å². The number of carbonyl (C=O) groups is 4. The number of carboxylic acids is 1. The smallest absolute Gasteiger partial charge is 0.480 e. The summed E-state index contributed by atoms with van der Waals surface area (Å²) in [5.41, 5.74) is 0.476. The summed E-state index contributed by atoms with van der Waals surface area (Å²) in [4.78, 5) is 47.5. The van der Waals surface area contributed by atoms with E-state index in [2.05, 4.69) is 5.32 Å². The van der Waals surface area contributed by atoms with E-state index in [0.29, 0.717) is 18.4 Å². The number of hydrogen-bond donors (Lipinski definition) is 2. The summed E-state index contributed by atoms with van der Waals surface area (Å²) in [7, 11) is 0. The lowest BCUT2D eigenvalue weighted by Crippen LogP contribution is -2.42. The minimum absolute atomic E-state index is 0.00195. The van der Waals surface area contributed by atoms with Gasteiger partial charge in [-0.25, -0.2) is 9.59 Å². The quantitative estimate of drug-likeness (QED) is 0.188. The number of ether oxygens (including phenoxy) is 5. The van der Waals surface area contributed by atoms with E-state index in [1.165, 1.54) is 19.1 Å². The Kier molecular flexibility index (Phi) is 14.1. The molecule has 0 bridgehead atoms. The van der Waals surface area contributed by atoms with Crippen molar-refractivity contribution in [2.75, 3.05) is 6.54 Å². The molecule has 0 amide bonds. The Hall–Kier alpha value is -3.34. The second-order valence-corrected chi connectivity index (χ2v) is 8.84. The number of hydrogen-bond acceptors (Lipinski definition) is 10. The van der Waals surface area contributed by atoms with Crippen molar-refractivity contribution in [3.8, 4) is 11.5 Å². The van der Waals surface area contributed by atoms with Crippen LogP contribution in [0.1, 0.15) is 72.8 Å². The molecule has 0 aliphatic carbocycles. The second-order valence-electron chi connectivity index (χ2n) is 8.84. The van der Waals surface area contributed by atoms with E-state index in [-0.39, 0.29) is 36.7 Å². The van der Waals surface area contributed by atoms with E-state index in [1.54, 1.807) is 26.8 Å². The molecule has 0 heterocycles. The lowest BCUT2D eigenvalue weighted by molar-refractivity contribution is -0.145. The van der Waals surface area contributed by atoms with Gasteiger partial charge in [0.05, 0.1) is 0 Å². The highest BCUT2D eigenvalue weighted by Gasteiger charge is 2.23. The predicted molar refractivity (Wildman–Crippen MR) is 134 cm³/mol. The average molecular weight is 526 g/mol.